The van der Waals surface area contributed by atoms with Gasteiger partial charge in [-0.05, 0) is 17.7 Å². The standard InChI is InChI=1S/C10H8ClF3N4/c11-7-5-16-9(3-6(7)4-15)18-2-1-8(17-18)10(12,13)14/h1-3,5H,4,15H2. The van der Waals surface area contributed by atoms with E-state index in [0.29, 0.717) is 10.6 Å². The van der Waals surface area contributed by atoms with Crippen molar-refractivity contribution >= 4 is 11.6 Å². The zero-order valence-electron chi connectivity index (χ0n) is 8.95. The third-order valence-electron chi connectivity index (χ3n) is 2.25. The largest absolute Gasteiger partial charge is 0.435 e. The molecule has 4 nitrogen and oxygen atoms in total. The van der Waals surface area contributed by atoms with E-state index in [-0.39, 0.29) is 12.4 Å². The van der Waals surface area contributed by atoms with Crippen molar-refractivity contribution in [2.45, 2.75) is 12.7 Å². The van der Waals surface area contributed by atoms with Crippen molar-refractivity contribution in [1.29, 1.82) is 0 Å². The molecular formula is C10H8ClF3N4. The summed E-state index contributed by atoms with van der Waals surface area (Å²) in [5.41, 5.74) is 5.06. The first-order chi connectivity index (χ1) is 8.41. The number of hydrogen-bond acceptors (Lipinski definition) is 3. The van der Waals surface area contributed by atoms with Crippen molar-refractivity contribution in [2.24, 2.45) is 5.73 Å². The lowest BCUT2D eigenvalue weighted by Gasteiger charge is -2.05. The zero-order chi connectivity index (χ0) is 13.3. The molecule has 2 N–H and O–H groups in total. The molecule has 0 radical (unpaired) electrons. The summed E-state index contributed by atoms with van der Waals surface area (Å²) in [5.74, 6) is 0.232. The van der Waals surface area contributed by atoms with Crippen molar-refractivity contribution in [3.63, 3.8) is 0 Å². The Balaban J connectivity index is 2.40. The molecule has 96 valence electrons. The number of halogens is 4. The van der Waals surface area contributed by atoms with Crippen LogP contribution >= 0.6 is 11.6 Å². The molecule has 0 atom stereocenters. The van der Waals surface area contributed by atoms with Crippen LogP contribution in [0.3, 0.4) is 0 Å². The Labute approximate surface area is 105 Å². The van der Waals surface area contributed by atoms with Gasteiger partial charge in [0.15, 0.2) is 11.5 Å². The molecule has 0 bridgehead atoms. The molecule has 0 spiro atoms. The van der Waals surface area contributed by atoms with E-state index in [4.69, 9.17) is 17.3 Å². The fraction of sp³-hybridized carbons (Fsp3) is 0.200. The van der Waals surface area contributed by atoms with Gasteiger partial charge in [0, 0.05) is 18.9 Å². The fourth-order valence-electron chi connectivity index (χ4n) is 1.35. The van der Waals surface area contributed by atoms with Gasteiger partial charge in [0.1, 0.15) is 0 Å². The topological polar surface area (TPSA) is 56.7 Å². The van der Waals surface area contributed by atoms with Crippen LogP contribution in [-0.2, 0) is 12.7 Å². The van der Waals surface area contributed by atoms with E-state index in [1.807, 2.05) is 0 Å². The second kappa shape index (κ2) is 4.58. The van der Waals surface area contributed by atoms with Crippen molar-refractivity contribution < 1.29 is 13.2 Å². The second-order valence-corrected chi connectivity index (χ2v) is 3.89. The van der Waals surface area contributed by atoms with Gasteiger partial charge in [0.25, 0.3) is 0 Å². The molecule has 0 aromatic carbocycles. The third-order valence-corrected chi connectivity index (χ3v) is 2.59. The van der Waals surface area contributed by atoms with Gasteiger partial charge in [-0.2, -0.15) is 18.3 Å². The van der Waals surface area contributed by atoms with Gasteiger partial charge in [-0.3, -0.25) is 0 Å². The van der Waals surface area contributed by atoms with Crippen LogP contribution in [0.25, 0.3) is 5.82 Å². The lowest BCUT2D eigenvalue weighted by atomic mass is 10.2. The van der Waals surface area contributed by atoms with Gasteiger partial charge >= 0.3 is 6.18 Å². The van der Waals surface area contributed by atoms with Gasteiger partial charge in [0.2, 0.25) is 0 Å². The Bertz CT molecular complexity index is 564. The number of aromatic nitrogens is 3. The molecule has 2 rings (SSSR count). The van der Waals surface area contributed by atoms with E-state index in [2.05, 4.69) is 10.1 Å². The van der Waals surface area contributed by atoms with Crippen LogP contribution in [0.1, 0.15) is 11.3 Å². The molecule has 0 unspecified atom stereocenters. The maximum atomic E-state index is 12.4. The predicted octanol–water partition coefficient (Wildman–Crippen LogP) is 2.40. The Kier molecular flexibility index (Phi) is 3.27. The summed E-state index contributed by atoms with van der Waals surface area (Å²) in [4.78, 5) is 3.90. The minimum absolute atomic E-state index is 0.168. The number of pyridine rings is 1. The number of alkyl halides is 3. The lowest BCUT2D eigenvalue weighted by Crippen LogP contribution is -2.08. The molecule has 18 heavy (non-hydrogen) atoms. The highest BCUT2D eigenvalue weighted by atomic mass is 35.5. The maximum absolute atomic E-state index is 12.4. The number of rotatable bonds is 2. The maximum Gasteiger partial charge on any atom is 0.435 e. The molecule has 0 aliphatic rings. The molecule has 2 heterocycles. The van der Waals surface area contributed by atoms with Gasteiger partial charge in [0.05, 0.1) is 5.02 Å². The predicted molar refractivity (Wildman–Crippen MR) is 59.3 cm³/mol. The zero-order valence-corrected chi connectivity index (χ0v) is 9.70. The molecule has 0 fully saturated rings. The Morgan fingerprint density at radius 2 is 2.11 bits per heavy atom. The molecule has 0 amide bonds. The quantitative estimate of drug-likeness (QED) is 0.916. The van der Waals surface area contributed by atoms with Crippen LogP contribution in [0.2, 0.25) is 5.02 Å². The highest BCUT2D eigenvalue weighted by Crippen LogP contribution is 2.28. The minimum Gasteiger partial charge on any atom is -0.326 e. The third kappa shape index (κ3) is 2.46. The Morgan fingerprint density at radius 3 is 2.67 bits per heavy atom. The number of nitrogens with zero attached hydrogens (tertiary/aromatic N) is 3. The van der Waals surface area contributed by atoms with Crippen molar-refractivity contribution in [3.8, 4) is 5.82 Å². The second-order valence-electron chi connectivity index (χ2n) is 3.48. The highest BCUT2D eigenvalue weighted by Gasteiger charge is 2.33. The van der Waals surface area contributed by atoms with E-state index in [1.165, 1.54) is 18.5 Å². The van der Waals surface area contributed by atoms with Gasteiger partial charge in [-0.25, -0.2) is 9.67 Å². The molecule has 2 aromatic heterocycles. The van der Waals surface area contributed by atoms with Gasteiger partial charge in [-0.1, -0.05) is 11.6 Å². The summed E-state index contributed by atoms with van der Waals surface area (Å²) in [6.45, 7) is 0.168. The van der Waals surface area contributed by atoms with Crippen LogP contribution in [0, 0.1) is 0 Å². The molecule has 0 aliphatic carbocycles. The fourth-order valence-corrected chi connectivity index (χ4v) is 1.53. The summed E-state index contributed by atoms with van der Waals surface area (Å²) in [7, 11) is 0. The molecule has 0 saturated heterocycles. The van der Waals surface area contributed by atoms with Crippen LogP contribution in [0.4, 0.5) is 13.2 Å². The first kappa shape index (κ1) is 12.8. The molecule has 2 aromatic rings. The molecule has 0 aliphatic heterocycles. The van der Waals surface area contributed by atoms with E-state index < -0.39 is 11.9 Å². The van der Waals surface area contributed by atoms with Crippen LogP contribution in [-0.4, -0.2) is 14.8 Å². The molecular weight excluding hydrogens is 269 g/mol. The van der Waals surface area contributed by atoms with E-state index in [9.17, 15) is 13.2 Å². The first-order valence-corrected chi connectivity index (χ1v) is 5.27. The van der Waals surface area contributed by atoms with Crippen molar-refractivity contribution in [3.05, 3.63) is 40.8 Å². The van der Waals surface area contributed by atoms with Crippen LogP contribution in [0.15, 0.2) is 24.5 Å². The molecule has 0 saturated carbocycles. The van der Waals surface area contributed by atoms with Crippen molar-refractivity contribution in [1.82, 2.24) is 14.8 Å². The summed E-state index contributed by atoms with van der Waals surface area (Å²) in [6.07, 6.45) is -1.97. The number of hydrogen-bond donors (Lipinski definition) is 1. The SMILES string of the molecule is NCc1cc(-n2ccc(C(F)(F)F)n2)ncc1Cl. The summed E-state index contributed by atoms with van der Waals surface area (Å²) < 4.78 is 38.2. The monoisotopic (exact) mass is 276 g/mol. The summed E-state index contributed by atoms with van der Waals surface area (Å²) in [5, 5.41) is 3.77. The molecule has 8 heteroatoms. The van der Waals surface area contributed by atoms with Crippen molar-refractivity contribution in [2.75, 3.05) is 0 Å². The summed E-state index contributed by atoms with van der Waals surface area (Å²) in [6, 6.07) is 2.37. The van der Waals surface area contributed by atoms with Gasteiger partial charge in [-0.15, -0.1) is 0 Å². The summed E-state index contributed by atoms with van der Waals surface area (Å²) >= 11 is 5.81. The van der Waals surface area contributed by atoms with Crippen LogP contribution < -0.4 is 5.73 Å². The van der Waals surface area contributed by atoms with Crippen LogP contribution in [0.5, 0.6) is 0 Å². The van der Waals surface area contributed by atoms with Gasteiger partial charge < -0.3 is 5.73 Å². The van der Waals surface area contributed by atoms with E-state index >= 15 is 0 Å². The minimum atomic E-state index is -4.48. The normalized spacial score (nSPS) is 11.8. The smallest absolute Gasteiger partial charge is 0.326 e. The number of nitrogens with two attached hydrogens (primary N) is 1. The van der Waals surface area contributed by atoms with E-state index in [0.717, 1.165) is 10.7 Å². The van der Waals surface area contributed by atoms with E-state index in [1.54, 1.807) is 0 Å². The first-order valence-electron chi connectivity index (χ1n) is 4.89. The Hall–Kier alpha value is -1.60. The Morgan fingerprint density at radius 1 is 1.39 bits per heavy atom. The average molecular weight is 277 g/mol. The highest BCUT2D eigenvalue weighted by molar-refractivity contribution is 6.31. The average Bonchev–Trinajstić information content (AvgIpc) is 2.78. The lowest BCUT2D eigenvalue weighted by molar-refractivity contribution is -0.141.